The molecular formula is C25H20N8O. The number of hydrogen-bond donors (Lipinski definition) is 1. The Labute approximate surface area is 195 Å². The van der Waals surface area contributed by atoms with E-state index in [-0.39, 0.29) is 12.1 Å². The van der Waals surface area contributed by atoms with Gasteiger partial charge in [0.25, 0.3) is 5.91 Å². The Kier molecular flexibility index (Phi) is 5.24. The van der Waals surface area contributed by atoms with Gasteiger partial charge in [-0.3, -0.25) is 9.36 Å². The van der Waals surface area contributed by atoms with E-state index >= 15 is 0 Å². The van der Waals surface area contributed by atoms with E-state index in [1.165, 1.54) is 11.2 Å². The van der Waals surface area contributed by atoms with Crippen molar-refractivity contribution < 1.29 is 4.79 Å². The highest BCUT2D eigenvalue weighted by atomic mass is 16.2. The molecule has 0 aliphatic heterocycles. The van der Waals surface area contributed by atoms with Crippen molar-refractivity contribution in [1.29, 1.82) is 5.26 Å². The second-order valence-corrected chi connectivity index (χ2v) is 7.63. The smallest absolute Gasteiger partial charge is 0.268 e. The van der Waals surface area contributed by atoms with E-state index in [2.05, 4.69) is 16.5 Å². The summed E-state index contributed by atoms with van der Waals surface area (Å²) in [6, 6.07) is 20.9. The summed E-state index contributed by atoms with van der Waals surface area (Å²) in [5.41, 5.74) is 8.29. The van der Waals surface area contributed by atoms with Crippen molar-refractivity contribution in [2.24, 2.45) is 0 Å². The van der Waals surface area contributed by atoms with E-state index < -0.39 is 5.91 Å². The predicted octanol–water partition coefficient (Wildman–Crippen LogP) is 3.47. The van der Waals surface area contributed by atoms with Crippen LogP contribution >= 0.6 is 0 Å². The molecule has 0 aliphatic rings. The Morgan fingerprint density at radius 1 is 1.09 bits per heavy atom. The lowest BCUT2D eigenvalue weighted by molar-refractivity contribution is -0.114. The number of nitrogens with two attached hydrogens (primary N) is 1. The van der Waals surface area contributed by atoms with Crippen molar-refractivity contribution in [2.75, 3.05) is 17.2 Å². The van der Waals surface area contributed by atoms with E-state index in [0.29, 0.717) is 34.9 Å². The van der Waals surface area contributed by atoms with Crippen LogP contribution in [0.15, 0.2) is 85.3 Å². The van der Waals surface area contributed by atoms with Gasteiger partial charge < -0.3 is 10.6 Å². The van der Waals surface area contributed by atoms with Gasteiger partial charge in [-0.15, -0.1) is 0 Å². The molecule has 0 aliphatic carbocycles. The molecule has 0 atom stereocenters. The summed E-state index contributed by atoms with van der Waals surface area (Å²) in [5, 5.41) is 15.7. The SMILES string of the molecule is C=C(C#N)C(=O)N(CCn1nc(-n2ccc3ccccc32)c2c(N)ncnc21)c1ccccc1. The van der Waals surface area contributed by atoms with Crippen LogP contribution in [0, 0.1) is 11.3 Å². The van der Waals surface area contributed by atoms with Crippen molar-refractivity contribution >= 4 is 39.3 Å². The molecule has 0 radical (unpaired) electrons. The van der Waals surface area contributed by atoms with Gasteiger partial charge in [0.2, 0.25) is 0 Å². The van der Waals surface area contributed by atoms with Gasteiger partial charge in [-0.2, -0.15) is 10.4 Å². The lowest BCUT2D eigenvalue weighted by Gasteiger charge is -2.22. The van der Waals surface area contributed by atoms with Crippen LogP contribution in [0.25, 0.3) is 27.8 Å². The summed E-state index contributed by atoms with van der Waals surface area (Å²) >= 11 is 0. The zero-order chi connectivity index (χ0) is 23.7. The monoisotopic (exact) mass is 448 g/mol. The number of rotatable bonds is 6. The summed E-state index contributed by atoms with van der Waals surface area (Å²) in [5.74, 6) is 0.460. The number of benzene rings is 2. The molecule has 34 heavy (non-hydrogen) atoms. The second kappa shape index (κ2) is 8.52. The van der Waals surface area contributed by atoms with Gasteiger partial charge in [0.05, 0.1) is 12.1 Å². The number of carbonyl (C=O) groups is 1. The van der Waals surface area contributed by atoms with Gasteiger partial charge >= 0.3 is 0 Å². The van der Waals surface area contributed by atoms with Crippen LogP contribution in [-0.2, 0) is 11.3 Å². The van der Waals surface area contributed by atoms with E-state index in [1.807, 2.05) is 65.4 Å². The van der Waals surface area contributed by atoms with E-state index in [9.17, 15) is 10.1 Å². The van der Waals surface area contributed by atoms with Crippen molar-refractivity contribution in [3.63, 3.8) is 0 Å². The van der Waals surface area contributed by atoms with Crippen molar-refractivity contribution in [2.45, 2.75) is 6.54 Å². The highest BCUT2D eigenvalue weighted by Crippen LogP contribution is 2.28. The summed E-state index contributed by atoms with van der Waals surface area (Å²) in [4.78, 5) is 23.0. The second-order valence-electron chi connectivity index (χ2n) is 7.63. The first-order valence-corrected chi connectivity index (χ1v) is 10.6. The van der Waals surface area contributed by atoms with Crippen LogP contribution in [0.1, 0.15) is 0 Å². The molecule has 5 rings (SSSR count). The molecule has 0 fully saturated rings. The number of nitrogens with zero attached hydrogens (tertiary/aromatic N) is 7. The summed E-state index contributed by atoms with van der Waals surface area (Å²) in [7, 11) is 0. The molecule has 5 aromatic rings. The van der Waals surface area contributed by atoms with Crippen LogP contribution in [-0.4, -0.2) is 36.8 Å². The Balaban J connectivity index is 1.57. The largest absolute Gasteiger partial charge is 0.383 e. The van der Waals surface area contributed by atoms with E-state index in [1.54, 1.807) is 16.8 Å². The average Bonchev–Trinajstić information content (AvgIpc) is 3.46. The Bertz CT molecular complexity index is 1580. The number of fused-ring (bicyclic) bond motifs is 2. The zero-order valence-electron chi connectivity index (χ0n) is 18.2. The van der Waals surface area contributed by atoms with Gasteiger partial charge in [0.1, 0.15) is 29.2 Å². The first-order valence-electron chi connectivity index (χ1n) is 10.6. The minimum absolute atomic E-state index is 0.139. The summed E-state index contributed by atoms with van der Waals surface area (Å²) in [6.45, 7) is 4.14. The van der Waals surface area contributed by atoms with Gasteiger partial charge in [-0.1, -0.05) is 43.0 Å². The number of anilines is 2. The van der Waals surface area contributed by atoms with E-state index in [0.717, 1.165) is 10.9 Å². The molecular weight excluding hydrogens is 428 g/mol. The molecule has 0 spiro atoms. The number of hydrogen-bond acceptors (Lipinski definition) is 6. The number of nitrogen functional groups attached to an aromatic ring is 1. The minimum Gasteiger partial charge on any atom is -0.383 e. The molecule has 3 heterocycles. The molecule has 1 amide bonds. The third kappa shape index (κ3) is 3.53. The third-order valence-corrected chi connectivity index (χ3v) is 5.61. The molecule has 9 nitrogen and oxygen atoms in total. The maximum absolute atomic E-state index is 12.9. The van der Waals surface area contributed by atoms with Gasteiger partial charge in [0, 0.05) is 18.4 Å². The van der Waals surface area contributed by atoms with Crippen LogP contribution in [0.3, 0.4) is 0 Å². The molecule has 3 aromatic heterocycles. The number of para-hydroxylation sites is 2. The molecule has 9 heteroatoms. The van der Waals surface area contributed by atoms with Gasteiger partial charge in [0.15, 0.2) is 11.5 Å². The standard InChI is InChI=1S/C25H20N8O/c1-17(15-26)25(34)31(19-8-3-2-4-9-19)13-14-33-23-21(22(27)28-16-29-23)24(30-33)32-12-11-18-7-5-6-10-20(18)32/h2-12,16H,1,13-14H2,(H2,27,28,29). The van der Waals surface area contributed by atoms with Crippen LogP contribution in [0.2, 0.25) is 0 Å². The highest BCUT2D eigenvalue weighted by molar-refractivity contribution is 6.07. The van der Waals surface area contributed by atoms with Gasteiger partial charge in [-0.25, -0.2) is 14.6 Å². The Morgan fingerprint density at radius 2 is 1.85 bits per heavy atom. The third-order valence-electron chi connectivity index (χ3n) is 5.61. The van der Waals surface area contributed by atoms with Crippen molar-refractivity contribution in [3.05, 3.63) is 85.3 Å². The molecule has 0 unspecified atom stereocenters. The minimum atomic E-state index is -0.462. The number of nitriles is 1. The number of aromatic nitrogens is 5. The lowest BCUT2D eigenvalue weighted by atomic mass is 10.2. The zero-order valence-corrected chi connectivity index (χ0v) is 18.2. The molecule has 0 bridgehead atoms. The molecule has 2 N–H and O–H groups in total. The van der Waals surface area contributed by atoms with E-state index in [4.69, 9.17) is 10.8 Å². The molecule has 0 saturated carbocycles. The Morgan fingerprint density at radius 3 is 2.65 bits per heavy atom. The fourth-order valence-corrected chi connectivity index (χ4v) is 3.96. The maximum atomic E-state index is 12.9. The quantitative estimate of drug-likeness (QED) is 0.314. The van der Waals surface area contributed by atoms with Crippen LogP contribution in [0.5, 0.6) is 0 Å². The predicted molar refractivity (Wildman–Crippen MR) is 130 cm³/mol. The molecule has 2 aromatic carbocycles. The normalized spacial score (nSPS) is 10.9. The fraction of sp³-hybridized carbons (Fsp3) is 0.0800. The topological polar surface area (TPSA) is 119 Å². The maximum Gasteiger partial charge on any atom is 0.268 e. The molecule has 166 valence electrons. The number of amides is 1. The number of carbonyl (C=O) groups excluding carboxylic acids is 1. The van der Waals surface area contributed by atoms with Crippen molar-refractivity contribution in [1.82, 2.24) is 24.3 Å². The van der Waals surface area contributed by atoms with Gasteiger partial charge in [-0.05, 0) is 29.7 Å². The fourth-order valence-electron chi connectivity index (χ4n) is 3.96. The summed E-state index contributed by atoms with van der Waals surface area (Å²) in [6.07, 6.45) is 3.32. The molecule has 0 saturated heterocycles. The van der Waals surface area contributed by atoms with Crippen LogP contribution < -0.4 is 10.6 Å². The van der Waals surface area contributed by atoms with Crippen LogP contribution in [0.4, 0.5) is 11.5 Å². The highest BCUT2D eigenvalue weighted by Gasteiger charge is 2.22. The Hall–Kier alpha value is -4.97. The summed E-state index contributed by atoms with van der Waals surface area (Å²) < 4.78 is 3.65. The first kappa shape index (κ1) is 20.9. The first-order chi connectivity index (χ1) is 16.6. The van der Waals surface area contributed by atoms with Crippen molar-refractivity contribution in [3.8, 4) is 11.9 Å². The lowest BCUT2D eigenvalue weighted by Crippen LogP contribution is -2.34. The average molecular weight is 448 g/mol.